The molecule has 0 aliphatic heterocycles. The van der Waals surface area contributed by atoms with Gasteiger partial charge in [0.25, 0.3) is 0 Å². The molecule has 17 heavy (non-hydrogen) atoms. The number of alkyl halides is 3. The van der Waals surface area contributed by atoms with E-state index >= 15 is 0 Å². The molecule has 0 unspecified atom stereocenters. The Labute approximate surface area is 101 Å². The summed E-state index contributed by atoms with van der Waals surface area (Å²) in [5, 5.41) is 8.94. The first-order valence-electron chi connectivity index (χ1n) is 5.32. The fourth-order valence-corrected chi connectivity index (χ4v) is 2.25. The Balaban J connectivity index is 2.41. The lowest BCUT2D eigenvalue weighted by molar-refractivity contribution is -0.206. The molecule has 1 atom stereocenters. The number of fused-ring (bicyclic) bond motifs is 1. The van der Waals surface area contributed by atoms with Crippen molar-refractivity contribution in [1.29, 1.82) is 0 Å². The van der Waals surface area contributed by atoms with Crippen molar-refractivity contribution >= 4 is 11.6 Å². The van der Waals surface area contributed by atoms with Gasteiger partial charge >= 0.3 is 6.18 Å². The van der Waals surface area contributed by atoms with Crippen LogP contribution in [0.1, 0.15) is 35.8 Å². The van der Waals surface area contributed by atoms with Gasteiger partial charge in [0.05, 0.1) is 0 Å². The summed E-state index contributed by atoms with van der Waals surface area (Å²) in [7, 11) is 0. The van der Waals surface area contributed by atoms with Gasteiger partial charge in [0.1, 0.15) is 5.15 Å². The van der Waals surface area contributed by atoms with Crippen molar-refractivity contribution in [2.24, 2.45) is 0 Å². The van der Waals surface area contributed by atoms with Crippen LogP contribution in [0.25, 0.3) is 0 Å². The summed E-state index contributed by atoms with van der Waals surface area (Å²) < 4.78 is 37.2. The molecule has 2 rings (SSSR count). The van der Waals surface area contributed by atoms with Gasteiger partial charge in [-0.2, -0.15) is 13.2 Å². The minimum absolute atomic E-state index is 0.254. The van der Waals surface area contributed by atoms with Crippen molar-refractivity contribution in [3.8, 4) is 0 Å². The van der Waals surface area contributed by atoms with Crippen LogP contribution in [0.15, 0.2) is 6.07 Å². The van der Waals surface area contributed by atoms with E-state index in [0.29, 0.717) is 6.42 Å². The maximum Gasteiger partial charge on any atom is 0.418 e. The highest BCUT2D eigenvalue weighted by molar-refractivity contribution is 6.30. The lowest BCUT2D eigenvalue weighted by Gasteiger charge is -2.20. The zero-order valence-corrected chi connectivity index (χ0v) is 9.65. The summed E-state index contributed by atoms with van der Waals surface area (Å²) in [4.78, 5) is 3.95. The maximum absolute atomic E-state index is 12.4. The van der Waals surface area contributed by atoms with Crippen molar-refractivity contribution in [1.82, 2.24) is 4.98 Å². The number of aryl methyl sites for hydroxylation is 2. The lowest BCUT2D eigenvalue weighted by Crippen LogP contribution is -2.21. The van der Waals surface area contributed by atoms with Gasteiger partial charge in [-0.3, -0.25) is 0 Å². The number of hydrogen-bond acceptors (Lipinski definition) is 2. The first kappa shape index (κ1) is 12.6. The van der Waals surface area contributed by atoms with E-state index in [1.807, 2.05) is 0 Å². The minimum Gasteiger partial charge on any atom is -0.379 e. The highest BCUT2D eigenvalue weighted by Crippen LogP contribution is 2.37. The molecule has 94 valence electrons. The number of aliphatic hydroxyl groups excluding tert-OH is 1. The first-order valence-corrected chi connectivity index (χ1v) is 5.70. The van der Waals surface area contributed by atoms with E-state index in [0.717, 1.165) is 30.5 Å². The molecule has 0 radical (unpaired) electrons. The zero-order chi connectivity index (χ0) is 12.6. The number of rotatable bonds is 1. The summed E-state index contributed by atoms with van der Waals surface area (Å²) >= 11 is 5.69. The molecule has 1 N–H and O–H groups in total. The summed E-state index contributed by atoms with van der Waals surface area (Å²) in [6.07, 6.45) is -3.95. The minimum atomic E-state index is -4.71. The molecule has 2 nitrogen and oxygen atoms in total. The third-order valence-electron chi connectivity index (χ3n) is 2.89. The van der Waals surface area contributed by atoms with Gasteiger partial charge in [0.2, 0.25) is 0 Å². The third kappa shape index (κ3) is 2.55. The second-order valence-corrected chi connectivity index (χ2v) is 4.48. The molecular weight excluding hydrogens is 255 g/mol. The standard InChI is InChI=1S/C11H11ClF3NO/c12-10-7(9(17)11(13,14)15)5-6-3-1-2-4-8(6)16-10/h5,9,17H,1-4H2/t9-/m0/s1. The summed E-state index contributed by atoms with van der Waals surface area (Å²) in [5.41, 5.74) is 1.16. The number of aliphatic hydroxyl groups is 1. The smallest absolute Gasteiger partial charge is 0.379 e. The quantitative estimate of drug-likeness (QED) is 0.791. The summed E-state index contributed by atoms with van der Waals surface area (Å²) in [6, 6.07) is 1.34. The average molecular weight is 266 g/mol. The molecule has 0 spiro atoms. The van der Waals surface area contributed by atoms with Gasteiger partial charge in [-0.15, -0.1) is 0 Å². The van der Waals surface area contributed by atoms with Crippen molar-refractivity contribution in [3.63, 3.8) is 0 Å². The van der Waals surface area contributed by atoms with Gasteiger partial charge in [-0.25, -0.2) is 4.98 Å². The molecule has 6 heteroatoms. The van der Waals surface area contributed by atoms with Gasteiger partial charge < -0.3 is 5.11 Å². The van der Waals surface area contributed by atoms with Crippen LogP contribution >= 0.6 is 11.6 Å². The molecular formula is C11H11ClF3NO. The van der Waals surface area contributed by atoms with E-state index in [9.17, 15) is 18.3 Å². The molecule has 0 saturated heterocycles. The van der Waals surface area contributed by atoms with E-state index in [4.69, 9.17) is 11.6 Å². The highest BCUT2D eigenvalue weighted by Gasteiger charge is 2.41. The Kier molecular flexibility index (Phi) is 3.32. The van der Waals surface area contributed by atoms with E-state index in [1.165, 1.54) is 6.07 Å². The first-order chi connectivity index (χ1) is 7.89. The fourth-order valence-electron chi connectivity index (χ4n) is 1.99. The molecule has 0 amide bonds. The van der Waals surface area contributed by atoms with Crippen LogP contribution in [0, 0.1) is 0 Å². The van der Waals surface area contributed by atoms with Crippen molar-refractivity contribution < 1.29 is 18.3 Å². The Hall–Kier alpha value is -0.810. The van der Waals surface area contributed by atoms with E-state index < -0.39 is 12.3 Å². The van der Waals surface area contributed by atoms with Crippen LogP contribution in [-0.4, -0.2) is 16.3 Å². The average Bonchev–Trinajstić information content (AvgIpc) is 2.26. The molecule has 0 fully saturated rings. The van der Waals surface area contributed by atoms with Gasteiger partial charge in [-0.1, -0.05) is 11.6 Å². The Morgan fingerprint density at radius 1 is 1.29 bits per heavy atom. The monoisotopic (exact) mass is 265 g/mol. The molecule has 0 bridgehead atoms. The molecule has 1 aliphatic carbocycles. The number of hydrogen-bond donors (Lipinski definition) is 1. The van der Waals surface area contributed by atoms with Gasteiger partial charge in [0, 0.05) is 11.3 Å². The SMILES string of the molecule is O[C@@H](c1cc2c(nc1Cl)CCCC2)C(F)(F)F. The number of aromatic nitrogens is 1. The van der Waals surface area contributed by atoms with E-state index in [1.54, 1.807) is 0 Å². The number of halogens is 4. The zero-order valence-electron chi connectivity index (χ0n) is 8.89. The predicted octanol–water partition coefficient (Wildman–Crippen LogP) is 3.21. The Morgan fingerprint density at radius 2 is 1.94 bits per heavy atom. The van der Waals surface area contributed by atoms with Crippen LogP contribution in [0.2, 0.25) is 5.15 Å². The van der Waals surface area contributed by atoms with E-state index in [-0.39, 0.29) is 10.7 Å². The topological polar surface area (TPSA) is 33.1 Å². The van der Waals surface area contributed by atoms with Crippen molar-refractivity contribution in [3.05, 3.63) is 28.0 Å². The van der Waals surface area contributed by atoms with Crippen molar-refractivity contribution in [2.75, 3.05) is 0 Å². The largest absolute Gasteiger partial charge is 0.418 e. The normalized spacial score (nSPS) is 17.7. The molecule has 1 aliphatic rings. The van der Waals surface area contributed by atoms with Crippen LogP contribution in [0.3, 0.4) is 0 Å². The van der Waals surface area contributed by atoms with Gasteiger partial charge in [-0.05, 0) is 37.3 Å². The number of pyridine rings is 1. The summed E-state index contributed by atoms with van der Waals surface area (Å²) in [5.74, 6) is 0. The van der Waals surface area contributed by atoms with Crippen LogP contribution in [0.5, 0.6) is 0 Å². The Morgan fingerprint density at radius 3 is 2.59 bits per heavy atom. The molecule has 0 saturated carbocycles. The summed E-state index contributed by atoms with van der Waals surface area (Å²) in [6.45, 7) is 0. The fraction of sp³-hybridized carbons (Fsp3) is 0.545. The predicted molar refractivity (Wildman–Crippen MR) is 56.9 cm³/mol. The molecule has 1 heterocycles. The second-order valence-electron chi connectivity index (χ2n) is 4.13. The van der Waals surface area contributed by atoms with Crippen LogP contribution in [0.4, 0.5) is 13.2 Å². The molecule has 1 aromatic heterocycles. The van der Waals surface area contributed by atoms with Crippen molar-refractivity contribution in [2.45, 2.75) is 38.0 Å². The second kappa shape index (κ2) is 4.46. The number of nitrogens with zero attached hydrogens (tertiary/aromatic N) is 1. The molecule has 0 aromatic carbocycles. The van der Waals surface area contributed by atoms with Crippen LogP contribution in [-0.2, 0) is 12.8 Å². The van der Waals surface area contributed by atoms with Gasteiger partial charge in [0.15, 0.2) is 6.10 Å². The lowest BCUT2D eigenvalue weighted by atomic mass is 9.94. The third-order valence-corrected chi connectivity index (χ3v) is 3.19. The molecule has 1 aromatic rings. The van der Waals surface area contributed by atoms with Crippen LogP contribution < -0.4 is 0 Å². The Bertz CT molecular complexity index is 433. The highest BCUT2D eigenvalue weighted by atomic mass is 35.5. The van der Waals surface area contributed by atoms with E-state index in [2.05, 4.69) is 4.98 Å². The maximum atomic E-state index is 12.4.